The van der Waals surface area contributed by atoms with Gasteiger partial charge in [-0.15, -0.1) is 0 Å². The van der Waals surface area contributed by atoms with Crippen LogP contribution in [0.3, 0.4) is 0 Å². The Morgan fingerprint density at radius 2 is 1.70 bits per heavy atom. The molecule has 168 valence electrons. The van der Waals surface area contributed by atoms with Crippen LogP contribution in [0.15, 0.2) is 60.8 Å². The number of fused-ring (bicyclic) bond motifs is 1. The Labute approximate surface area is 189 Å². The van der Waals surface area contributed by atoms with Gasteiger partial charge in [-0.2, -0.15) is 9.78 Å². The second-order valence-corrected chi connectivity index (χ2v) is 6.89. The molecule has 1 N–H and O–H groups in total. The molecule has 0 aliphatic rings. The number of carbonyl (C=O) groups is 2. The number of ether oxygens (including phenoxy) is 3. The maximum Gasteiger partial charge on any atom is 0.343 e. The Balaban J connectivity index is 1.82. The largest absolute Gasteiger partial charge is 0.496 e. The third-order valence-electron chi connectivity index (χ3n) is 4.95. The number of esters is 1. The van der Waals surface area contributed by atoms with Gasteiger partial charge >= 0.3 is 5.97 Å². The number of hydrogen-bond acceptors (Lipinski definition) is 7. The molecule has 0 bridgehead atoms. The molecular weight excluding hydrogens is 424 g/mol. The van der Waals surface area contributed by atoms with Gasteiger partial charge in [-0.05, 0) is 37.3 Å². The van der Waals surface area contributed by atoms with Crippen molar-refractivity contribution in [2.75, 3.05) is 26.1 Å². The van der Waals surface area contributed by atoms with E-state index in [0.717, 1.165) is 10.9 Å². The van der Waals surface area contributed by atoms with Crippen molar-refractivity contribution < 1.29 is 23.8 Å². The maximum absolute atomic E-state index is 13.3. The average Bonchev–Trinajstić information content (AvgIpc) is 3.26. The van der Waals surface area contributed by atoms with E-state index in [9.17, 15) is 9.59 Å². The summed E-state index contributed by atoms with van der Waals surface area (Å²) in [6, 6.07) is 16.2. The molecule has 0 fully saturated rings. The van der Waals surface area contributed by atoms with E-state index >= 15 is 0 Å². The highest BCUT2D eigenvalue weighted by molar-refractivity contribution is 6.10. The Kier molecular flexibility index (Phi) is 6.21. The smallest absolute Gasteiger partial charge is 0.343 e. The van der Waals surface area contributed by atoms with Crippen molar-refractivity contribution in [3.05, 3.63) is 71.9 Å². The van der Waals surface area contributed by atoms with Crippen molar-refractivity contribution in [2.45, 2.75) is 6.92 Å². The number of methoxy groups -OCH3 is 2. The van der Waals surface area contributed by atoms with Crippen LogP contribution in [-0.4, -0.2) is 47.5 Å². The van der Waals surface area contributed by atoms with Crippen LogP contribution in [0.5, 0.6) is 11.5 Å². The van der Waals surface area contributed by atoms with Crippen molar-refractivity contribution in [3.63, 3.8) is 0 Å². The molecule has 4 rings (SSSR count). The fraction of sp³-hybridized carbons (Fsp3) is 0.167. The SMILES string of the molecule is CCOC(=O)c1cnn(-c2ccc3ccccc3n2)c1NC(=O)c1c(OC)cccc1OC. The van der Waals surface area contributed by atoms with Gasteiger partial charge < -0.3 is 19.5 Å². The topological polar surface area (TPSA) is 105 Å². The fourth-order valence-electron chi connectivity index (χ4n) is 3.42. The zero-order valence-corrected chi connectivity index (χ0v) is 18.4. The molecule has 0 radical (unpaired) electrons. The van der Waals surface area contributed by atoms with E-state index in [1.807, 2.05) is 30.3 Å². The molecule has 2 aromatic carbocycles. The third-order valence-corrected chi connectivity index (χ3v) is 4.95. The molecular formula is C24H22N4O5. The monoisotopic (exact) mass is 446 g/mol. The predicted molar refractivity (Wildman–Crippen MR) is 122 cm³/mol. The first-order valence-electron chi connectivity index (χ1n) is 10.2. The standard InChI is InChI=1S/C24H22N4O5/c1-4-33-24(30)16-14-25-28(20-13-12-15-8-5-6-9-17(15)26-20)22(16)27-23(29)21-18(31-2)10-7-11-19(21)32-3/h5-14H,4H2,1-3H3,(H,27,29). The van der Waals surface area contributed by atoms with E-state index in [1.165, 1.54) is 25.1 Å². The summed E-state index contributed by atoms with van der Waals surface area (Å²) in [4.78, 5) is 30.5. The van der Waals surface area contributed by atoms with Crippen LogP contribution in [0, 0.1) is 0 Å². The van der Waals surface area contributed by atoms with Gasteiger partial charge in [-0.3, -0.25) is 4.79 Å². The molecule has 4 aromatic rings. The Bertz CT molecular complexity index is 1310. The lowest BCUT2D eigenvalue weighted by atomic mass is 10.1. The number of amides is 1. The molecule has 9 nitrogen and oxygen atoms in total. The number of pyridine rings is 1. The van der Waals surface area contributed by atoms with E-state index < -0.39 is 11.9 Å². The zero-order valence-electron chi connectivity index (χ0n) is 18.4. The minimum Gasteiger partial charge on any atom is -0.496 e. The van der Waals surface area contributed by atoms with Gasteiger partial charge in [0.15, 0.2) is 11.6 Å². The lowest BCUT2D eigenvalue weighted by molar-refractivity contribution is 0.0527. The number of para-hydroxylation sites is 1. The lowest BCUT2D eigenvalue weighted by Crippen LogP contribution is -2.19. The van der Waals surface area contributed by atoms with Gasteiger partial charge in [0.25, 0.3) is 5.91 Å². The van der Waals surface area contributed by atoms with Gasteiger partial charge in [0.05, 0.1) is 32.5 Å². The van der Waals surface area contributed by atoms with Crippen LogP contribution in [0.1, 0.15) is 27.6 Å². The van der Waals surface area contributed by atoms with Crippen molar-refractivity contribution in [3.8, 4) is 17.3 Å². The first-order chi connectivity index (χ1) is 16.1. The van der Waals surface area contributed by atoms with E-state index in [4.69, 9.17) is 14.2 Å². The average molecular weight is 446 g/mol. The molecule has 33 heavy (non-hydrogen) atoms. The molecule has 0 atom stereocenters. The molecule has 0 saturated carbocycles. The summed E-state index contributed by atoms with van der Waals surface area (Å²) in [6.45, 7) is 1.87. The molecule has 2 heterocycles. The number of hydrogen-bond donors (Lipinski definition) is 1. The van der Waals surface area contributed by atoms with Crippen molar-refractivity contribution in [1.29, 1.82) is 0 Å². The maximum atomic E-state index is 13.3. The quantitative estimate of drug-likeness (QED) is 0.430. The van der Waals surface area contributed by atoms with Crippen LogP contribution in [0.25, 0.3) is 16.7 Å². The minimum absolute atomic E-state index is 0.0917. The van der Waals surface area contributed by atoms with Crippen LogP contribution < -0.4 is 14.8 Å². The number of aromatic nitrogens is 3. The van der Waals surface area contributed by atoms with Gasteiger partial charge in [0.1, 0.15) is 22.6 Å². The number of rotatable bonds is 7. The molecule has 0 aliphatic heterocycles. The fourth-order valence-corrected chi connectivity index (χ4v) is 3.42. The normalized spacial score (nSPS) is 10.6. The summed E-state index contributed by atoms with van der Waals surface area (Å²) >= 11 is 0. The minimum atomic E-state index is -0.619. The van der Waals surface area contributed by atoms with Crippen LogP contribution in [0.4, 0.5) is 5.82 Å². The molecule has 0 spiro atoms. The summed E-state index contributed by atoms with van der Waals surface area (Å²) in [6.07, 6.45) is 1.34. The molecule has 1 amide bonds. The second kappa shape index (κ2) is 9.39. The summed E-state index contributed by atoms with van der Waals surface area (Å²) in [5, 5.41) is 8.02. The number of anilines is 1. The molecule has 0 aliphatic carbocycles. The molecule has 9 heteroatoms. The summed E-state index contributed by atoms with van der Waals surface area (Å²) in [7, 11) is 2.91. The second-order valence-electron chi connectivity index (χ2n) is 6.89. The summed E-state index contributed by atoms with van der Waals surface area (Å²) in [5.41, 5.74) is 1.01. The van der Waals surface area contributed by atoms with E-state index in [0.29, 0.717) is 17.3 Å². The van der Waals surface area contributed by atoms with E-state index in [1.54, 1.807) is 31.2 Å². The number of carbonyl (C=O) groups excluding carboxylic acids is 2. The van der Waals surface area contributed by atoms with Crippen molar-refractivity contribution >= 4 is 28.6 Å². The Morgan fingerprint density at radius 3 is 2.39 bits per heavy atom. The zero-order chi connectivity index (χ0) is 23.4. The van der Waals surface area contributed by atoms with E-state index in [2.05, 4.69) is 15.4 Å². The first kappa shape index (κ1) is 21.8. The van der Waals surface area contributed by atoms with Crippen molar-refractivity contribution in [2.24, 2.45) is 0 Å². The highest BCUT2D eigenvalue weighted by atomic mass is 16.5. The number of nitrogens with zero attached hydrogens (tertiary/aromatic N) is 3. The molecule has 2 aromatic heterocycles. The number of benzene rings is 2. The Morgan fingerprint density at radius 1 is 0.970 bits per heavy atom. The van der Waals surface area contributed by atoms with E-state index in [-0.39, 0.29) is 23.6 Å². The number of nitrogens with one attached hydrogen (secondary N) is 1. The van der Waals surface area contributed by atoms with Gasteiger partial charge in [-0.1, -0.05) is 24.3 Å². The first-order valence-corrected chi connectivity index (χ1v) is 10.2. The molecule has 0 saturated heterocycles. The summed E-state index contributed by atoms with van der Waals surface area (Å²) < 4.78 is 17.2. The van der Waals surface area contributed by atoms with Crippen molar-refractivity contribution in [1.82, 2.24) is 14.8 Å². The lowest BCUT2D eigenvalue weighted by Gasteiger charge is -2.15. The van der Waals surface area contributed by atoms with Crippen LogP contribution >= 0.6 is 0 Å². The van der Waals surface area contributed by atoms with Gasteiger partial charge in [0.2, 0.25) is 0 Å². The van der Waals surface area contributed by atoms with Gasteiger partial charge in [-0.25, -0.2) is 9.78 Å². The van der Waals surface area contributed by atoms with Crippen LogP contribution in [-0.2, 0) is 4.74 Å². The predicted octanol–water partition coefficient (Wildman–Crippen LogP) is 3.87. The molecule has 0 unspecified atom stereocenters. The Hall–Kier alpha value is -4.40. The highest BCUT2D eigenvalue weighted by Gasteiger charge is 2.25. The summed E-state index contributed by atoms with van der Waals surface area (Å²) in [5.74, 6) is 0.0174. The third kappa shape index (κ3) is 4.20. The van der Waals surface area contributed by atoms with Gasteiger partial charge in [0, 0.05) is 5.39 Å². The highest BCUT2D eigenvalue weighted by Crippen LogP contribution is 2.30. The van der Waals surface area contributed by atoms with Crippen LogP contribution in [0.2, 0.25) is 0 Å².